The minimum atomic E-state index is -0.618. The highest BCUT2D eigenvalue weighted by molar-refractivity contribution is 5.85. The summed E-state index contributed by atoms with van der Waals surface area (Å²) in [4.78, 5) is 23.0. The molecule has 0 radical (unpaired) electrons. The molecule has 0 aromatic rings. The van der Waals surface area contributed by atoms with Crippen LogP contribution in [0.15, 0.2) is 0 Å². The summed E-state index contributed by atoms with van der Waals surface area (Å²) < 4.78 is 4.73. The van der Waals surface area contributed by atoms with Crippen LogP contribution in [0.25, 0.3) is 0 Å². The highest BCUT2D eigenvalue weighted by atomic mass is 16.5. The first kappa shape index (κ1) is 15.7. The van der Waals surface area contributed by atoms with Crippen LogP contribution in [0, 0.1) is 5.92 Å². The van der Waals surface area contributed by atoms with E-state index in [1.165, 1.54) is 0 Å². The molecule has 0 heterocycles. The van der Waals surface area contributed by atoms with Crippen LogP contribution < -0.4 is 10.6 Å². The molecule has 2 amide bonds. The van der Waals surface area contributed by atoms with E-state index in [4.69, 9.17) is 9.84 Å². The fraction of sp³-hybridized carbons (Fsp3) is 0.818. The zero-order valence-corrected chi connectivity index (χ0v) is 10.7. The van der Waals surface area contributed by atoms with Gasteiger partial charge in [0.15, 0.2) is 0 Å². The molecule has 0 fully saturated rings. The molecule has 0 rings (SSSR count). The molecule has 1 unspecified atom stereocenters. The molecular weight excluding hydrogens is 224 g/mol. The number of hydrogen-bond acceptors (Lipinski definition) is 4. The van der Waals surface area contributed by atoms with Crippen LogP contribution in [0.2, 0.25) is 0 Å². The lowest BCUT2D eigenvalue weighted by Gasteiger charge is -2.21. The second-order valence-electron chi connectivity index (χ2n) is 3.95. The molecule has 6 nitrogen and oxygen atoms in total. The molecule has 0 aromatic heterocycles. The molecule has 0 aromatic carbocycles. The van der Waals surface area contributed by atoms with Gasteiger partial charge in [0, 0.05) is 13.2 Å². The van der Waals surface area contributed by atoms with Crippen molar-refractivity contribution in [1.82, 2.24) is 10.6 Å². The van der Waals surface area contributed by atoms with E-state index in [1.807, 2.05) is 13.8 Å². The largest absolute Gasteiger partial charge is 0.450 e. The van der Waals surface area contributed by atoms with Gasteiger partial charge in [-0.25, -0.2) is 4.79 Å². The van der Waals surface area contributed by atoms with E-state index >= 15 is 0 Å². The van der Waals surface area contributed by atoms with Crippen molar-refractivity contribution < 1.29 is 19.4 Å². The minimum absolute atomic E-state index is 0.0257. The molecule has 6 heteroatoms. The maximum absolute atomic E-state index is 11.7. The molecular formula is C11H22N2O4. The van der Waals surface area contributed by atoms with Crippen molar-refractivity contribution in [2.45, 2.75) is 33.2 Å². The number of alkyl carbamates (subject to hydrolysis) is 1. The Labute approximate surface area is 102 Å². The molecule has 0 saturated heterocycles. The van der Waals surface area contributed by atoms with E-state index in [0.29, 0.717) is 13.0 Å². The van der Waals surface area contributed by atoms with E-state index in [1.54, 1.807) is 6.92 Å². The van der Waals surface area contributed by atoms with Gasteiger partial charge in [-0.05, 0) is 19.3 Å². The number of nitrogens with one attached hydrogen (secondary N) is 2. The van der Waals surface area contributed by atoms with Gasteiger partial charge in [-0.3, -0.25) is 4.79 Å². The zero-order valence-electron chi connectivity index (χ0n) is 10.7. The van der Waals surface area contributed by atoms with E-state index < -0.39 is 12.1 Å². The predicted octanol–water partition coefficient (Wildman–Crippen LogP) is 0.256. The summed E-state index contributed by atoms with van der Waals surface area (Å²) in [5.41, 5.74) is 0. The fourth-order valence-corrected chi connectivity index (χ4v) is 1.24. The smallest absolute Gasteiger partial charge is 0.407 e. The first-order valence-corrected chi connectivity index (χ1v) is 5.84. The Morgan fingerprint density at radius 1 is 1.35 bits per heavy atom. The van der Waals surface area contributed by atoms with Gasteiger partial charge in [-0.2, -0.15) is 0 Å². The van der Waals surface area contributed by atoms with Crippen molar-refractivity contribution in [2.24, 2.45) is 5.92 Å². The molecule has 100 valence electrons. The van der Waals surface area contributed by atoms with Crippen LogP contribution in [0.3, 0.4) is 0 Å². The first-order chi connectivity index (χ1) is 8.02. The topological polar surface area (TPSA) is 87.7 Å². The van der Waals surface area contributed by atoms with E-state index in [0.717, 1.165) is 0 Å². The number of rotatable bonds is 7. The van der Waals surface area contributed by atoms with Crippen LogP contribution in [-0.2, 0) is 9.53 Å². The highest BCUT2D eigenvalue weighted by Gasteiger charge is 2.24. The molecule has 0 spiro atoms. The van der Waals surface area contributed by atoms with Gasteiger partial charge in [0.2, 0.25) is 5.91 Å². The lowest BCUT2D eigenvalue weighted by atomic mass is 10.0. The van der Waals surface area contributed by atoms with Crippen LogP contribution >= 0.6 is 0 Å². The molecule has 17 heavy (non-hydrogen) atoms. The monoisotopic (exact) mass is 246 g/mol. The molecule has 0 bridgehead atoms. The maximum Gasteiger partial charge on any atom is 0.407 e. The molecule has 0 saturated carbocycles. The average Bonchev–Trinajstić information content (AvgIpc) is 2.26. The number of aliphatic hydroxyl groups excluding tert-OH is 1. The lowest BCUT2D eigenvalue weighted by Crippen LogP contribution is -2.50. The number of ether oxygens (including phenoxy) is 1. The summed E-state index contributed by atoms with van der Waals surface area (Å²) in [6, 6.07) is -0.618. The van der Waals surface area contributed by atoms with Crippen LogP contribution in [0.1, 0.15) is 27.2 Å². The van der Waals surface area contributed by atoms with Crippen molar-refractivity contribution in [3.05, 3.63) is 0 Å². The summed E-state index contributed by atoms with van der Waals surface area (Å²) in [6.45, 7) is 6.06. The van der Waals surface area contributed by atoms with Gasteiger partial charge in [0.05, 0.1) is 6.61 Å². The molecule has 0 aliphatic heterocycles. The maximum atomic E-state index is 11.7. The Bertz CT molecular complexity index is 244. The third-order valence-electron chi connectivity index (χ3n) is 2.13. The Morgan fingerprint density at radius 2 is 2.00 bits per heavy atom. The van der Waals surface area contributed by atoms with Gasteiger partial charge in [0.1, 0.15) is 6.04 Å². The van der Waals surface area contributed by atoms with Crippen molar-refractivity contribution in [2.75, 3.05) is 19.8 Å². The zero-order chi connectivity index (χ0) is 13.3. The second-order valence-corrected chi connectivity index (χ2v) is 3.95. The predicted molar refractivity (Wildman–Crippen MR) is 63.5 cm³/mol. The van der Waals surface area contributed by atoms with Crippen LogP contribution in [-0.4, -0.2) is 42.9 Å². The number of carbonyl (C=O) groups is 2. The average molecular weight is 246 g/mol. The van der Waals surface area contributed by atoms with Crippen molar-refractivity contribution in [1.29, 1.82) is 0 Å². The SMILES string of the molecule is CCOC(=O)NC(C(=O)NCCCO)C(C)C. The van der Waals surface area contributed by atoms with Gasteiger partial charge in [-0.15, -0.1) is 0 Å². The standard InChI is InChI=1S/C11H22N2O4/c1-4-17-11(16)13-9(8(2)3)10(15)12-6-5-7-14/h8-9,14H,4-7H2,1-3H3,(H,12,15)(H,13,16). The van der Waals surface area contributed by atoms with Gasteiger partial charge in [-0.1, -0.05) is 13.8 Å². The fourth-order valence-electron chi connectivity index (χ4n) is 1.24. The van der Waals surface area contributed by atoms with Gasteiger partial charge < -0.3 is 20.5 Å². The number of carbonyl (C=O) groups excluding carboxylic acids is 2. The lowest BCUT2D eigenvalue weighted by molar-refractivity contribution is -0.124. The highest BCUT2D eigenvalue weighted by Crippen LogP contribution is 2.02. The number of aliphatic hydroxyl groups is 1. The molecule has 3 N–H and O–H groups in total. The van der Waals surface area contributed by atoms with Crippen LogP contribution in [0.5, 0.6) is 0 Å². The summed E-state index contributed by atoms with van der Waals surface area (Å²) >= 11 is 0. The summed E-state index contributed by atoms with van der Waals surface area (Å²) in [6.07, 6.45) is -0.0980. The van der Waals surface area contributed by atoms with Gasteiger partial charge >= 0.3 is 6.09 Å². The molecule has 1 atom stereocenters. The third kappa shape index (κ3) is 6.78. The first-order valence-electron chi connectivity index (χ1n) is 5.84. The Kier molecular flexibility index (Phi) is 8.13. The minimum Gasteiger partial charge on any atom is -0.450 e. The van der Waals surface area contributed by atoms with Crippen molar-refractivity contribution in [3.8, 4) is 0 Å². The van der Waals surface area contributed by atoms with Crippen molar-refractivity contribution >= 4 is 12.0 Å². The van der Waals surface area contributed by atoms with Crippen LogP contribution in [0.4, 0.5) is 4.79 Å². The Morgan fingerprint density at radius 3 is 2.47 bits per heavy atom. The van der Waals surface area contributed by atoms with Gasteiger partial charge in [0.25, 0.3) is 0 Å². The quantitative estimate of drug-likeness (QED) is 0.562. The van der Waals surface area contributed by atoms with E-state index in [-0.39, 0.29) is 25.0 Å². The summed E-state index contributed by atoms with van der Waals surface area (Å²) in [7, 11) is 0. The summed E-state index contributed by atoms with van der Waals surface area (Å²) in [5.74, 6) is -0.296. The Hall–Kier alpha value is -1.30. The van der Waals surface area contributed by atoms with E-state index in [9.17, 15) is 9.59 Å². The second kappa shape index (κ2) is 8.81. The Balaban J connectivity index is 4.21. The molecule has 0 aliphatic rings. The van der Waals surface area contributed by atoms with Crippen molar-refractivity contribution in [3.63, 3.8) is 0 Å². The van der Waals surface area contributed by atoms with E-state index in [2.05, 4.69) is 10.6 Å². The third-order valence-corrected chi connectivity index (χ3v) is 2.13. The molecule has 0 aliphatic carbocycles. The normalized spacial score (nSPS) is 12.1. The number of hydrogen-bond donors (Lipinski definition) is 3. The summed E-state index contributed by atoms with van der Waals surface area (Å²) in [5, 5.41) is 13.8. The number of amides is 2.